The highest BCUT2D eigenvalue weighted by atomic mass is 15.0. The van der Waals surface area contributed by atoms with E-state index >= 15 is 0 Å². The molecule has 5 aromatic rings. The first-order valence-electron chi connectivity index (χ1n) is 12.3. The summed E-state index contributed by atoms with van der Waals surface area (Å²) in [6.45, 7) is 4.24. The highest BCUT2D eigenvalue weighted by molar-refractivity contribution is 6.10. The van der Waals surface area contributed by atoms with E-state index in [0.717, 1.165) is 22.5 Å². The quantitative estimate of drug-likeness (QED) is 0.158. The average molecular weight is 466 g/mol. The fourth-order valence-electron chi connectivity index (χ4n) is 4.85. The Morgan fingerprint density at radius 1 is 0.833 bits per heavy atom. The molecule has 0 saturated heterocycles. The average Bonchev–Trinajstić information content (AvgIpc) is 3.25. The van der Waals surface area contributed by atoms with Gasteiger partial charge in [0.2, 0.25) is 0 Å². The Labute approximate surface area is 211 Å². The number of aromatic nitrogens is 1. The molecular weight excluding hydrogens is 438 g/mol. The van der Waals surface area contributed by atoms with Gasteiger partial charge in [-0.05, 0) is 60.5 Å². The van der Waals surface area contributed by atoms with E-state index in [1.807, 2.05) is 12.1 Å². The Bertz CT molecular complexity index is 1710. The number of fused-ring (bicyclic) bond motifs is 3. The fourth-order valence-corrected chi connectivity index (χ4v) is 4.85. The van der Waals surface area contributed by atoms with Crippen LogP contribution in [0.5, 0.6) is 0 Å². The Kier molecular flexibility index (Phi) is 5.61. The van der Waals surface area contributed by atoms with Crippen LogP contribution in [-0.2, 0) is 0 Å². The van der Waals surface area contributed by atoms with Crippen LogP contribution in [0.2, 0.25) is 0 Å². The molecule has 174 valence electrons. The largest absolute Gasteiger partial charge is 0.346 e. The van der Waals surface area contributed by atoms with Gasteiger partial charge in [-0.25, -0.2) is 4.99 Å². The first-order chi connectivity index (χ1) is 17.7. The van der Waals surface area contributed by atoms with Gasteiger partial charge < -0.3 is 9.88 Å². The van der Waals surface area contributed by atoms with Gasteiger partial charge in [0, 0.05) is 33.6 Å². The molecule has 1 aliphatic rings. The van der Waals surface area contributed by atoms with E-state index in [4.69, 9.17) is 4.99 Å². The number of aryl methyl sites for hydroxylation is 1. The van der Waals surface area contributed by atoms with Gasteiger partial charge in [0.15, 0.2) is 0 Å². The summed E-state index contributed by atoms with van der Waals surface area (Å²) in [7, 11) is 0. The van der Waals surface area contributed by atoms with E-state index in [1.54, 1.807) is 6.34 Å². The highest BCUT2D eigenvalue weighted by Crippen LogP contribution is 2.34. The summed E-state index contributed by atoms with van der Waals surface area (Å²) in [5, 5.41) is 5.79. The minimum absolute atomic E-state index is 0.201. The number of nitrogens with zero attached hydrogens (tertiary/aromatic N) is 2. The molecular formula is C33H27N3. The molecule has 0 fully saturated rings. The van der Waals surface area contributed by atoms with Gasteiger partial charge in [-0.3, -0.25) is 0 Å². The van der Waals surface area contributed by atoms with Crippen LogP contribution < -0.4 is 5.32 Å². The van der Waals surface area contributed by atoms with Crippen LogP contribution in [-0.4, -0.2) is 10.9 Å². The van der Waals surface area contributed by atoms with Crippen molar-refractivity contribution in [1.29, 1.82) is 0 Å². The van der Waals surface area contributed by atoms with Crippen LogP contribution in [0.3, 0.4) is 0 Å². The number of rotatable bonds is 5. The van der Waals surface area contributed by atoms with Crippen LogP contribution in [0, 0.1) is 12.8 Å². The monoisotopic (exact) mass is 465 g/mol. The van der Waals surface area contributed by atoms with Crippen LogP contribution in [0.25, 0.3) is 33.1 Å². The lowest BCUT2D eigenvalue weighted by atomic mass is 9.96. The zero-order chi connectivity index (χ0) is 24.5. The number of nitrogens with one attached hydrogen (secondary N) is 1. The molecule has 1 atom stereocenters. The van der Waals surface area contributed by atoms with Gasteiger partial charge in [0.25, 0.3) is 0 Å². The van der Waals surface area contributed by atoms with E-state index in [-0.39, 0.29) is 5.92 Å². The number of hydrogen-bond donors (Lipinski definition) is 1. The minimum Gasteiger partial charge on any atom is -0.346 e. The van der Waals surface area contributed by atoms with E-state index in [0.29, 0.717) is 0 Å². The lowest BCUT2D eigenvalue weighted by Gasteiger charge is -2.12. The van der Waals surface area contributed by atoms with Crippen molar-refractivity contribution in [1.82, 2.24) is 4.57 Å². The Hall–Kier alpha value is -4.59. The molecule has 0 amide bonds. The molecule has 1 aliphatic carbocycles. The van der Waals surface area contributed by atoms with Crippen LogP contribution in [0.1, 0.15) is 18.1 Å². The molecule has 0 radical (unpaired) electrons. The molecule has 1 unspecified atom stereocenters. The molecule has 0 saturated carbocycles. The van der Waals surface area contributed by atoms with Gasteiger partial charge >= 0.3 is 0 Å². The Balaban J connectivity index is 1.43. The van der Waals surface area contributed by atoms with E-state index < -0.39 is 0 Å². The first-order valence-corrected chi connectivity index (χ1v) is 12.3. The molecule has 0 spiro atoms. The van der Waals surface area contributed by atoms with E-state index in [9.17, 15) is 0 Å². The van der Waals surface area contributed by atoms with Crippen molar-refractivity contribution in [2.75, 3.05) is 5.32 Å². The molecule has 1 aromatic heterocycles. The summed E-state index contributed by atoms with van der Waals surface area (Å²) in [6, 6.07) is 34.1. The second kappa shape index (κ2) is 9.22. The summed E-state index contributed by atoms with van der Waals surface area (Å²) in [6.07, 6.45) is 6.13. The Morgan fingerprint density at radius 3 is 2.44 bits per heavy atom. The summed E-state index contributed by atoms with van der Waals surface area (Å²) in [4.78, 5) is 4.73. The topological polar surface area (TPSA) is 29.3 Å². The van der Waals surface area contributed by atoms with Crippen molar-refractivity contribution in [2.45, 2.75) is 13.8 Å². The fraction of sp³-hybridized carbons (Fsp3) is 0.0909. The number of aliphatic imine (C=N–C) groups is 1. The van der Waals surface area contributed by atoms with E-state index in [2.05, 4.69) is 127 Å². The summed E-state index contributed by atoms with van der Waals surface area (Å²) in [5.41, 5.74) is 12.5. The zero-order valence-corrected chi connectivity index (χ0v) is 20.4. The third-order valence-corrected chi connectivity index (χ3v) is 6.81. The molecule has 3 heteroatoms. The maximum Gasteiger partial charge on any atom is 0.0934 e. The number of hydrogen-bond acceptors (Lipinski definition) is 1. The van der Waals surface area contributed by atoms with Crippen molar-refractivity contribution in [3.8, 4) is 5.69 Å². The van der Waals surface area contributed by atoms with Gasteiger partial charge in [-0.2, -0.15) is 0 Å². The lowest BCUT2D eigenvalue weighted by Crippen LogP contribution is -2.01. The molecule has 4 aromatic carbocycles. The van der Waals surface area contributed by atoms with Crippen molar-refractivity contribution >= 4 is 39.4 Å². The first kappa shape index (κ1) is 21.9. The molecule has 1 heterocycles. The number of benzene rings is 4. The van der Waals surface area contributed by atoms with Crippen molar-refractivity contribution in [3.63, 3.8) is 0 Å². The molecule has 0 bridgehead atoms. The molecule has 6 rings (SSSR count). The molecule has 1 N–H and O–H groups in total. The van der Waals surface area contributed by atoms with Gasteiger partial charge in [-0.1, -0.05) is 79.4 Å². The number of anilines is 1. The molecule has 36 heavy (non-hydrogen) atoms. The maximum absolute atomic E-state index is 4.73. The number of para-hydroxylation sites is 3. The molecule has 0 aliphatic heterocycles. The van der Waals surface area contributed by atoms with Crippen LogP contribution >= 0.6 is 0 Å². The maximum atomic E-state index is 4.73. The predicted molar refractivity (Wildman–Crippen MR) is 153 cm³/mol. The SMILES string of the molecule is Cc1ccccc1N/C=N\C1=C=C(c2ccc3c(c2)c2ccccc2n3-c2ccccc2)C=CC1C. The van der Waals surface area contributed by atoms with Crippen LogP contribution in [0.4, 0.5) is 5.69 Å². The second-order valence-corrected chi connectivity index (χ2v) is 9.21. The number of allylic oxidation sites excluding steroid dienone is 2. The summed E-state index contributed by atoms with van der Waals surface area (Å²) in [5.74, 6) is 0.201. The third-order valence-electron chi connectivity index (χ3n) is 6.81. The van der Waals surface area contributed by atoms with Gasteiger partial charge in [-0.15, -0.1) is 0 Å². The third kappa shape index (κ3) is 3.96. The van der Waals surface area contributed by atoms with Crippen LogP contribution in [0.15, 0.2) is 126 Å². The van der Waals surface area contributed by atoms with Gasteiger partial charge in [0.1, 0.15) is 0 Å². The van der Waals surface area contributed by atoms with Crippen molar-refractivity contribution in [3.05, 3.63) is 132 Å². The zero-order valence-electron chi connectivity index (χ0n) is 20.4. The van der Waals surface area contributed by atoms with Crippen molar-refractivity contribution < 1.29 is 0 Å². The smallest absolute Gasteiger partial charge is 0.0934 e. The minimum atomic E-state index is 0.201. The summed E-state index contributed by atoms with van der Waals surface area (Å²) < 4.78 is 2.34. The highest BCUT2D eigenvalue weighted by Gasteiger charge is 2.15. The predicted octanol–water partition coefficient (Wildman–Crippen LogP) is 8.30. The van der Waals surface area contributed by atoms with Crippen molar-refractivity contribution in [2.24, 2.45) is 10.9 Å². The second-order valence-electron chi connectivity index (χ2n) is 9.21. The lowest BCUT2D eigenvalue weighted by molar-refractivity contribution is 0.848. The van der Waals surface area contributed by atoms with Gasteiger partial charge in [0.05, 0.1) is 23.1 Å². The summed E-state index contributed by atoms with van der Waals surface area (Å²) >= 11 is 0. The standard InChI is InChI=1S/C33H27N3/c1-23-10-6-8-14-30(23)34-22-35-31-21-26(17-16-24(31)2)25-18-19-33-29(20-25)28-13-7-9-15-32(28)36(33)27-11-4-3-5-12-27/h3-20,22,24H,1-2H3,(H,34,35). The normalized spacial score (nSPS) is 15.4. The van der Waals surface area contributed by atoms with E-state index in [1.165, 1.54) is 33.1 Å². The Morgan fingerprint density at radius 2 is 1.58 bits per heavy atom. The molecule has 3 nitrogen and oxygen atoms in total.